The van der Waals surface area contributed by atoms with Gasteiger partial charge in [0.2, 0.25) is 0 Å². The summed E-state index contributed by atoms with van der Waals surface area (Å²) in [4.78, 5) is 28.8. The molecule has 3 heterocycles. The van der Waals surface area contributed by atoms with Crippen LogP contribution in [0.25, 0.3) is 16.7 Å². The van der Waals surface area contributed by atoms with Crippen LogP contribution in [0.3, 0.4) is 0 Å². The maximum atomic E-state index is 13.1. The monoisotopic (exact) mass is 417 g/mol. The van der Waals surface area contributed by atoms with Crippen LogP contribution < -0.4 is 11.0 Å². The number of nitrogens with zero attached hydrogens (tertiary/aromatic N) is 4. The van der Waals surface area contributed by atoms with Gasteiger partial charge in [-0.05, 0) is 52.3 Å². The van der Waals surface area contributed by atoms with Crippen molar-refractivity contribution in [3.8, 4) is 5.69 Å². The fraction of sp³-hybridized carbons (Fsp3) is 0. The zero-order chi connectivity index (χ0) is 18.3. The molecule has 0 fully saturated rings. The quantitative estimate of drug-likeness (QED) is 0.552. The van der Waals surface area contributed by atoms with E-state index in [4.69, 9.17) is 4.42 Å². The molecule has 0 aliphatic rings. The van der Waals surface area contributed by atoms with Crippen molar-refractivity contribution in [3.63, 3.8) is 0 Å². The standard InChI is InChI=1S/C16H9BrFN5O3/c17-13-6-5-12(26-13)15(24)21-22-8-19-14-11(16(22)25)7-20-23(14)10-3-1-9(18)2-4-10/h1-8H,(H,21,24). The number of benzene rings is 1. The molecule has 8 nitrogen and oxygen atoms in total. The lowest BCUT2D eigenvalue weighted by Crippen LogP contribution is -2.33. The van der Waals surface area contributed by atoms with Gasteiger partial charge in [0, 0.05) is 0 Å². The van der Waals surface area contributed by atoms with E-state index in [1.165, 1.54) is 47.5 Å². The molecule has 0 saturated carbocycles. The van der Waals surface area contributed by atoms with Crippen LogP contribution in [0.1, 0.15) is 10.6 Å². The highest BCUT2D eigenvalue weighted by Crippen LogP contribution is 2.15. The van der Waals surface area contributed by atoms with Gasteiger partial charge in [0.25, 0.3) is 5.56 Å². The Morgan fingerprint density at radius 1 is 1.19 bits per heavy atom. The van der Waals surface area contributed by atoms with Crippen LogP contribution in [0, 0.1) is 5.82 Å². The number of carbonyl (C=O) groups is 1. The van der Waals surface area contributed by atoms with Crippen molar-refractivity contribution < 1.29 is 13.6 Å². The zero-order valence-electron chi connectivity index (χ0n) is 12.9. The molecule has 0 spiro atoms. The second-order valence-electron chi connectivity index (χ2n) is 5.23. The molecule has 0 radical (unpaired) electrons. The Hall–Kier alpha value is -3.27. The smallest absolute Gasteiger partial charge is 0.305 e. The van der Waals surface area contributed by atoms with Crippen molar-refractivity contribution in [2.45, 2.75) is 0 Å². The fourth-order valence-electron chi connectivity index (χ4n) is 2.36. The summed E-state index contributed by atoms with van der Waals surface area (Å²) in [6.45, 7) is 0. The van der Waals surface area contributed by atoms with Crippen LogP contribution in [0.5, 0.6) is 0 Å². The van der Waals surface area contributed by atoms with E-state index < -0.39 is 11.5 Å². The predicted octanol–water partition coefficient (Wildman–Crippen LogP) is 2.46. The van der Waals surface area contributed by atoms with Crippen molar-refractivity contribution in [3.05, 3.63) is 75.5 Å². The molecule has 4 aromatic rings. The van der Waals surface area contributed by atoms with Crippen LogP contribution in [0.4, 0.5) is 4.39 Å². The minimum Gasteiger partial charge on any atom is -0.444 e. The van der Waals surface area contributed by atoms with Crippen LogP contribution >= 0.6 is 15.9 Å². The molecule has 1 aromatic carbocycles. The Bertz CT molecular complexity index is 1180. The average molecular weight is 418 g/mol. The van der Waals surface area contributed by atoms with Crippen LogP contribution in [0.15, 0.2) is 62.8 Å². The van der Waals surface area contributed by atoms with E-state index in [0.29, 0.717) is 10.4 Å². The number of hydrogen-bond acceptors (Lipinski definition) is 5. The topological polar surface area (TPSA) is 95.0 Å². The van der Waals surface area contributed by atoms with Crippen LogP contribution in [0.2, 0.25) is 0 Å². The minimum absolute atomic E-state index is 0.0332. The first-order chi connectivity index (χ1) is 12.5. The molecule has 0 bridgehead atoms. The van der Waals surface area contributed by atoms with E-state index in [0.717, 1.165) is 4.68 Å². The third kappa shape index (κ3) is 2.80. The maximum Gasteiger partial charge on any atom is 0.305 e. The minimum atomic E-state index is -0.607. The lowest BCUT2D eigenvalue weighted by atomic mass is 10.3. The summed E-state index contributed by atoms with van der Waals surface area (Å²) >= 11 is 3.10. The highest BCUT2D eigenvalue weighted by atomic mass is 79.9. The molecule has 3 aromatic heterocycles. The van der Waals surface area contributed by atoms with Gasteiger partial charge in [0.1, 0.15) is 17.5 Å². The molecule has 0 saturated heterocycles. The SMILES string of the molecule is O=C(Nn1cnc2c(cnn2-c2ccc(F)cc2)c1=O)c1ccc(Br)o1. The Kier molecular flexibility index (Phi) is 3.88. The van der Waals surface area contributed by atoms with Crippen molar-refractivity contribution in [1.82, 2.24) is 19.4 Å². The van der Waals surface area contributed by atoms with E-state index in [1.54, 1.807) is 6.07 Å². The molecule has 130 valence electrons. The largest absolute Gasteiger partial charge is 0.444 e. The maximum absolute atomic E-state index is 13.1. The molecular weight excluding hydrogens is 409 g/mol. The third-order valence-electron chi connectivity index (χ3n) is 3.58. The number of amides is 1. The molecule has 1 amide bonds. The third-order valence-corrected chi connectivity index (χ3v) is 4.00. The summed E-state index contributed by atoms with van der Waals surface area (Å²) < 4.78 is 21.0. The molecule has 0 atom stereocenters. The summed E-state index contributed by atoms with van der Waals surface area (Å²) in [6.07, 6.45) is 2.50. The average Bonchev–Trinajstić information content (AvgIpc) is 3.25. The Morgan fingerprint density at radius 3 is 2.65 bits per heavy atom. The molecule has 26 heavy (non-hydrogen) atoms. The Labute approximate surface area is 153 Å². The molecule has 4 rings (SSSR count). The summed E-state index contributed by atoms with van der Waals surface area (Å²) in [7, 11) is 0. The zero-order valence-corrected chi connectivity index (χ0v) is 14.5. The number of nitrogens with one attached hydrogen (secondary N) is 1. The van der Waals surface area contributed by atoms with Gasteiger partial charge in [-0.3, -0.25) is 15.0 Å². The number of furan rings is 1. The number of hydrogen-bond donors (Lipinski definition) is 1. The number of aromatic nitrogens is 4. The second-order valence-corrected chi connectivity index (χ2v) is 6.02. The number of carbonyl (C=O) groups excluding carboxylic acids is 1. The first-order valence-corrected chi connectivity index (χ1v) is 8.10. The molecule has 0 aliphatic heterocycles. The summed E-state index contributed by atoms with van der Waals surface area (Å²) in [6, 6.07) is 8.63. The van der Waals surface area contributed by atoms with Gasteiger partial charge in [-0.15, -0.1) is 0 Å². The first-order valence-electron chi connectivity index (χ1n) is 7.31. The molecule has 0 unspecified atom stereocenters. The second kappa shape index (κ2) is 6.23. The van der Waals surface area contributed by atoms with Gasteiger partial charge in [-0.25, -0.2) is 18.7 Å². The number of halogens is 2. The van der Waals surface area contributed by atoms with Gasteiger partial charge in [-0.1, -0.05) is 0 Å². The number of fused-ring (bicyclic) bond motifs is 1. The van der Waals surface area contributed by atoms with Crippen molar-refractivity contribution >= 4 is 32.9 Å². The van der Waals surface area contributed by atoms with Gasteiger partial charge < -0.3 is 4.42 Å². The van der Waals surface area contributed by atoms with Gasteiger partial charge in [0.05, 0.1) is 11.9 Å². The lowest BCUT2D eigenvalue weighted by Gasteiger charge is -2.06. The first kappa shape index (κ1) is 16.2. The summed E-state index contributed by atoms with van der Waals surface area (Å²) in [5.41, 5.74) is 2.71. The van der Waals surface area contributed by atoms with E-state index in [1.807, 2.05) is 0 Å². The summed E-state index contributed by atoms with van der Waals surface area (Å²) in [5.74, 6) is -0.955. The van der Waals surface area contributed by atoms with Gasteiger partial charge >= 0.3 is 5.91 Å². The van der Waals surface area contributed by atoms with E-state index in [9.17, 15) is 14.0 Å². The van der Waals surface area contributed by atoms with Crippen molar-refractivity contribution in [1.29, 1.82) is 0 Å². The molecule has 1 N–H and O–H groups in total. The highest BCUT2D eigenvalue weighted by Gasteiger charge is 2.15. The Balaban J connectivity index is 1.71. The molecule has 10 heteroatoms. The normalized spacial score (nSPS) is 11.0. The van der Waals surface area contributed by atoms with Gasteiger partial charge in [-0.2, -0.15) is 5.10 Å². The van der Waals surface area contributed by atoms with E-state index in [-0.39, 0.29) is 22.6 Å². The lowest BCUT2D eigenvalue weighted by molar-refractivity contribution is 0.0979. The van der Waals surface area contributed by atoms with Crippen molar-refractivity contribution in [2.75, 3.05) is 5.43 Å². The molecular formula is C16H9BrFN5O3. The highest BCUT2D eigenvalue weighted by molar-refractivity contribution is 9.10. The summed E-state index contributed by atoms with van der Waals surface area (Å²) in [5, 5.41) is 4.31. The van der Waals surface area contributed by atoms with Gasteiger partial charge in [0.15, 0.2) is 16.1 Å². The van der Waals surface area contributed by atoms with Crippen LogP contribution in [-0.4, -0.2) is 25.3 Å². The predicted molar refractivity (Wildman–Crippen MR) is 93.2 cm³/mol. The molecule has 0 aliphatic carbocycles. The van der Waals surface area contributed by atoms with Crippen LogP contribution in [-0.2, 0) is 0 Å². The number of rotatable bonds is 3. The van der Waals surface area contributed by atoms with Crippen molar-refractivity contribution in [2.24, 2.45) is 0 Å². The van der Waals surface area contributed by atoms with E-state index in [2.05, 4.69) is 31.4 Å². The fourth-order valence-corrected chi connectivity index (χ4v) is 2.67. The van der Waals surface area contributed by atoms with E-state index >= 15 is 0 Å². The Morgan fingerprint density at radius 2 is 1.96 bits per heavy atom.